The van der Waals surface area contributed by atoms with E-state index in [2.05, 4.69) is 20.0 Å². The van der Waals surface area contributed by atoms with Crippen molar-refractivity contribution in [3.8, 4) is 0 Å². The molecule has 2 N–H and O–H groups in total. The lowest BCUT2D eigenvalue weighted by atomic mass is 10.1. The van der Waals surface area contributed by atoms with Crippen molar-refractivity contribution >= 4 is 5.82 Å². The second-order valence-corrected chi connectivity index (χ2v) is 4.40. The number of aliphatic hydroxyl groups is 1. The Morgan fingerprint density at radius 2 is 2.06 bits per heavy atom. The van der Waals surface area contributed by atoms with Gasteiger partial charge in [-0.15, -0.1) is 0 Å². The van der Waals surface area contributed by atoms with Crippen molar-refractivity contribution in [2.75, 3.05) is 12.4 Å². The van der Waals surface area contributed by atoms with E-state index in [1.807, 2.05) is 20.8 Å². The summed E-state index contributed by atoms with van der Waals surface area (Å²) in [6.07, 6.45) is -1.32. The Bertz CT molecular complexity index is 366. The summed E-state index contributed by atoms with van der Waals surface area (Å²) in [5, 5.41) is 12.3. The molecule has 0 saturated heterocycles. The molecule has 1 atom stereocenters. The highest BCUT2D eigenvalue weighted by Crippen LogP contribution is 2.16. The largest absolute Gasteiger partial charge is 0.365 e. The summed E-state index contributed by atoms with van der Waals surface area (Å²) in [5.41, 5.74) is -0.254. The topological polar surface area (TPSA) is 67.3 Å². The minimum Gasteiger partial charge on any atom is -0.365 e. The Morgan fingerprint density at radius 3 is 2.56 bits per heavy atom. The van der Waals surface area contributed by atoms with Crippen molar-refractivity contribution in [3.05, 3.63) is 17.8 Å². The van der Waals surface area contributed by atoms with Crippen molar-refractivity contribution in [2.45, 2.75) is 32.6 Å². The maximum absolute atomic E-state index is 13.1. The molecule has 1 unspecified atom stereocenters. The van der Waals surface area contributed by atoms with Crippen LogP contribution < -0.4 is 5.32 Å². The smallest absolute Gasteiger partial charge is 0.218 e. The first kappa shape index (κ1) is 12.8. The number of anilines is 1. The summed E-state index contributed by atoms with van der Waals surface area (Å²) in [4.78, 5) is 7.39. The molecule has 0 aliphatic carbocycles. The number of methoxy groups -OCH3 is 1. The van der Waals surface area contributed by atoms with Gasteiger partial charge < -0.3 is 15.2 Å². The zero-order valence-corrected chi connectivity index (χ0v) is 9.78. The summed E-state index contributed by atoms with van der Waals surface area (Å²) < 4.78 is 17.8. The van der Waals surface area contributed by atoms with Gasteiger partial charge in [-0.05, 0) is 20.8 Å². The van der Waals surface area contributed by atoms with E-state index in [-0.39, 0.29) is 11.4 Å². The Hall–Kier alpha value is -1.27. The predicted octanol–water partition coefficient (Wildman–Crippen LogP) is 1.46. The summed E-state index contributed by atoms with van der Waals surface area (Å²) in [7, 11) is 1.29. The monoisotopic (exact) mass is 229 g/mol. The number of ether oxygens (including phenoxy) is 1. The number of nitrogens with one attached hydrogen (secondary N) is 1. The number of rotatable bonds is 3. The summed E-state index contributed by atoms with van der Waals surface area (Å²) in [6, 6.07) is 1.16. The van der Waals surface area contributed by atoms with Crippen LogP contribution in [0.4, 0.5) is 10.2 Å². The molecule has 0 saturated carbocycles. The van der Waals surface area contributed by atoms with Crippen LogP contribution in [0.5, 0.6) is 0 Å². The third-order valence-corrected chi connectivity index (χ3v) is 1.66. The van der Waals surface area contributed by atoms with Crippen LogP contribution in [0.3, 0.4) is 0 Å². The molecule has 0 amide bonds. The molecule has 5 nitrogen and oxygen atoms in total. The van der Waals surface area contributed by atoms with E-state index in [1.165, 1.54) is 7.11 Å². The molecule has 0 bridgehead atoms. The normalized spacial score (nSPS) is 13.6. The van der Waals surface area contributed by atoms with Crippen LogP contribution in [0.25, 0.3) is 0 Å². The van der Waals surface area contributed by atoms with Gasteiger partial charge in [0.1, 0.15) is 5.82 Å². The maximum atomic E-state index is 13.1. The molecule has 0 aliphatic rings. The molecule has 16 heavy (non-hydrogen) atoms. The summed E-state index contributed by atoms with van der Waals surface area (Å²) >= 11 is 0. The third kappa shape index (κ3) is 3.71. The standard InChI is InChI=1S/C10H16FN3O2/c1-10(2,3)14-7-5-6(11)12-8(13-7)9(15)16-4/h5,9,15H,1-4H3,(H,12,13,14). The van der Waals surface area contributed by atoms with E-state index in [4.69, 9.17) is 0 Å². The Kier molecular flexibility index (Phi) is 3.77. The molecule has 0 aromatic carbocycles. The first-order valence-corrected chi connectivity index (χ1v) is 4.85. The molecule has 1 rings (SSSR count). The van der Waals surface area contributed by atoms with Crippen LogP contribution in [0.2, 0.25) is 0 Å². The lowest BCUT2D eigenvalue weighted by molar-refractivity contribution is -0.0834. The van der Waals surface area contributed by atoms with Crippen LogP contribution in [0, 0.1) is 5.95 Å². The number of hydrogen-bond acceptors (Lipinski definition) is 5. The molecule has 1 aromatic heterocycles. The highest BCUT2D eigenvalue weighted by molar-refractivity contribution is 5.36. The third-order valence-electron chi connectivity index (χ3n) is 1.66. The predicted molar refractivity (Wildman–Crippen MR) is 57.3 cm³/mol. The van der Waals surface area contributed by atoms with Crippen molar-refractivity contribution < 1.29 is 14.2 Å². The van der Waals surface area contributed by atoms with Crippen LogP contribution >= 0.6 is 0 Å². The van der Waals surface area contributed by atoms with Gasteiger partial charge in [-0.3, -0.25) is 0 Å². The first-order chi connectivity index (χ1) is 7.31. The number of aliphatic hydroxyl groups excluding tert-OH is 1. The van der Waals surface area contributed by atoms with E-state index in [9.17, 15) is 9.50 Å². The molecule has 1 aromatic rings. The maximum Gasteiger partial charge on any atom is 0.218 e. The molecule has 0 spiro atoms. The second kappa shape index (κ2) is 4.71. The van der Waals surface area contributed by atoms with Gasteiger partial charge in [0.25, 0.3) is 0 Å². The van der Waals surface area contributed by atoms with Gasteiger partial charge in [0, 0.05) is 18.7 Å². The van der Waals surface area contributed by atoms with Gasteiger partial charge in [-0.25, -0.2) is 4.98 Å². The highest BCUT2D eigenvalue weighted by Gasteiger charge is 2.16. The number of aromatic nitrogens is 2. The molecule has 1 heterocycles. The number of nitrogens with zero attached hydrogens (tertiary/aromatic N) is 2. The van der Waals surface area contributed by atoms with Gasteiger partial charge in [0.2, 0.25) is 12.2 Å². The Balaban J connectivity index is 2.99. The second-order valence-electron chi connectivity index (χ2n) is 4.40. The van der Waals surface area contributed by atoms with E-state index in [0.29, 0.717) is 5.82 Å². The minimum atomic E-state index is -1.32. The first-order valence-electron chi connectivity index (χ1n) is 4.85. The molecule has 0 radical (unpaired) electrons. The van der Waals surface area contributed by atoms with Gasteiger partial charge in [0.05, 0.1) is 0 Å². The van der Waals surface area contributed by atoms with E-state index < -0.39 is 12.2 Å². The zero-order valence-electron chi connectivity index (χ0n) is 9.78. The highest BCUT2D eigenvalue weighted by atomic mass is 19.1. The van der Waals surface area contributed by atoms with Crippen molar-refractivity contribution in [1.29, 1.82) is 0 Å². The molecule has 0 fully saturated rings. The molecular formula is C10H16FN3O2. The van der Waals surface area contributed by atoms with Gasteiger partial charge in [-0.2, -0.15) is 9.37 Å². The fourth-order valence-electron chi connectivity index (χ4n) is 1.10. The Labute approximate surface area is 93.7 Å². The lowest BCUT2D eigenvalue weighted by Crippen LogP contribution is -2.27. The van der Waals surface area contributed by atoms with Gasteiger partial charge >= 0.3 is 0 Å². The van der Waals surface area contributed by atoms with Crippen LogP contribution in [0.15, 0.2) is 6.07 Å². The van der Waals surface area contributed by atoms with Crippen molar-refractivity contribution in [1.82, 2.24) is 9.97 Å². The molecule has 6 heteroatoms. The zero-order chi connectivity index (χ0) is 12.3. The average molecular weight is 229 g/mol. The van der Waals surface area contributed by atoms with Crippen LogP contribution in [0.1, 0.15) is 32.9 Å². The van der Waals surface area contributed by atoms with Crippen molar-refractivity contribution in [3.63, 3.8) is 0 Å². The van der Waals surface area contributed by atoms with Crippen LogP contribution in [-0.2, 0) is 4.74 Å². The van der Waals surface area contributed by atoms with E-state index in [1.54, 1.807) is 0 Å². The van der Waals surface area contributed by atoms with Crippen LogP contribution in [-0.4, -0.2) is 27.7 Å². The SMILES string of the molecule is COC(O)c1nc(F)cc(NC(C)(C)C)n1. The fourth-order valence-corrected chi connectivity index (χ4v) is 1.10. The average Bonchev–Trinajstić information content (AvgIpc) is 2.12. The lowest BCUT2D eigenvalue weighted by Gasteiger charge is -2.21. The van der Waals surface area contributed by atoms with E-state index in [0.717, 1.165) is 6.07 Å². The summed E-state index contributed by atoms with van der Waals surface area (Å²) in [6.45, 7) is 5.75. The molecule has 0 aliphatic heterocycles. The van der Waals surface area contributed by atoms with Crippen molar-refractivity contribution in [2.24, 2.45) is 0 Å². The molecule has 90 valence electrons. The fraction of sp³-hybridized carbons (Fsp3) is 0.600. The number of halogens is 1. The molecular weight excluding hydrogens is 213 g/mol. The van der Waals surface area contributed by atoms with Gasteiger partial charge in [0.15, 0.2) is 5.82 Å². The minimum absolute atomic E-state index is 0.103. The number of hydrogen-bond donors (Lipinski definition) is 2. The Morgan fingerprint density at radius 1 is 1.44 bits per heavy atom. The van der Waals surface area contributed by atoms with Gasteiger partial charge in [-0.1, -0.05) is 0 Å². The quantitative estimate of drug-likeness (QED) is 0.606. The van der Waals surface area contributed by atoms with E-state index >= 15 is 0 Å². The summed E-state index contributed by atoms with van der Waals surface area (Å²) in [5.74, 6) is -0.506.